The molecule has 156 valence electrons. The van der Waals surface area contributed by atoms with Crippen LogP contribution in [-0.2, 0) is 18.4 Å². The average Bonchev–Trinajstić information content (AvgIpc) is 3.15. The van der Waals surface area contributed by atoms with Crippen molar-refractivity contribution >= 4 is 17.6 Å². The summed E-state index contributed by atoms with van der Waals surface area (Å²) >= 11 is 0. The Balaban J connectivity index is 1.61. The van der Waals surface area contributed by atoms with E-state index in [-0.39, 0.29) is 12.5 Å². The topological polar surface area (TPSA) is 84.2 Å². The molecule has 1 aromatic heterocycles. The number of hydrogen-bond acceptors (Lipinski definition) is 5. The van der Waals surface area contributed by atoms with Crippen LogP contribution in [-0.4, -0.2) is 66.9 Å². The minimum Gasteiger partial charge on any atom is -0.493 e. The maximum absolute atomic E-state index is 12.6. The zero-order chi connectivity index (χ0) is 20.8. The first-order valence-corrected chi connectivity index (χ1v) is 9.60. The molecule has 1 amide bonds. The molecule has 1 aromatic carbocycles. The van der Waals surface area contributed by atoms with Crippen molar-refractivity contribution in [3.63, 3.8) is 0 Å². The fourth-order valence-corrected chi connectivity index (χ4v) is 3.29. The number of aromatic nitrogens is 2. The van der Waals surface area contributed by atoms with Gasteiger partial charge in [0.15, 0.2) is 17.5 Å². The van der Waals surface area contributed by atoms with Crippen molar-refractivity contribution in [2.75, 3.05) is 45.3 Å². The number of amides is 1. The number of rotatable bonds is 6. The van der Waals surface area contributed by atoms with Crippen LogP contribution < -0.4 is 19.7 Å². The molecular weight excluding hydrogens is 372 g/mol. The normalized spacial score (nSPS) is 14.9. The summed E-state index contributed by atoms with van der Waals surface area (Å²) in [5, 5.41) is 7.48. The second-order valence-electron chi connectivity index (χ2n) is 6.66. The summed E-state index contributed by atoms with van der Waals surface area (Å²) < 4.78 is 12.7. The van der Waals surface area contributed by atoms with Crippen LogP contribution in [0.15, 0.2) is 35.6 Å². The first-order chi connectivity index (χ1) is 14.0. The summed E-state index contributed by atoms with van der Waals surface area (Å²) in [7, 11) is 5.19. The smallest absolute Gasteiger partial charge is 0.246 e. The molecule has 1 fully saturated rings. The quantitative estimate of drug-likeness (QED) is 0.580. The van der Waals surface area contributed by atoms with Crippen LogP contribution in [0, 0.1) is 0 Å². The Kier molecular flexibility index (Phi) is 6.58. The lowest BCUT2D eigenvalue weighted by molar-refractivity contribution is -0.120. The number of benzene rings is 1. The van der Waals surface area contributed by atoms with E-state index < -0.39 is 0 Å². The fourth-order valence-electron chi connectivity index (χ4n) is 3.29. The molecule has 0 atom stereocenters. The van der Waals surface area contributed by atoms with Gasteiger partial charge >= 0.3 is 0 Å². The molecule has 9 heteroatoms. The average molecular weight is 400 g/mol. The number of piperazine rings is 1. The molecule has 1 aliphatic heterocycles. The molecule has 2 heterocycles. The van der Waals surface area contributed by atoms with E-state index in [0.717, 1.165) is 11.3 Å². The molecule has 1 N–H and O–H groups in total. The molecule has 1 saturated heterocycles. The zero-order valence-corrected chi connectivity index (χ0v) is 17.4. The molecule has 0 unspecified atom stereocenters. The van der Waals surface area contributed by atoms with Gasteiger partial charge in [0.05, 0.1) is 25.6 Å². The summed E-state index contributed by atoms with van der Waals surface area (Å²) in [5.74, 6) is 2.13. The minimum absolute atomic E-state index is 0.0234. The molecule has 0 spiro atoms. The number of aryl methyl sites for hydroxylation is 1. The lowest BCUT2D eigenvalue weighted by Gasteiger charge is -2.35. The number of carbonyl (C=O) groups is 1. The van der Waals surface area contributed by atoms with Crippen LogP contribution in [0.25, 0.3) is 0 Å². The van der Waals surface area contributed by atoms with Crippen molar-refractivity contribution < 1.29 is 14.3 Å². The van der Waals surface area contributed by atoms with E-state index in [1.54, 1.807) is 29.9 Å². The summed E-state index contributed by atoms with van der Waals surface area (Å²) in [6, 6.07) is 5.82. The van der Waals surface area contributed by atoms with Gasteiger partial charge in [-0.2, -0.15) is 5.10 Å². The van der Waals surface area contributed by atoms with Crippen LogP contribution in [0.3, 0.4) is 0 Å². The van der Waals surface area contributed by atoms with Crippen LogP contribution in [0.4, 0.5) is 5.69 Å². The molecule has 0 radical (unpaired) electrons. The molecule has 2 aromatic rings. The lowest BCUT2D eigenvalue weighted by Crippen LogP contribution is -2.55. The maximum Gasteiger partial charge on any atom is 0.246 e. The van der Waals surface area contributed by atoms with Gasteiger partial charge < -0.3 is 24.6 Å². The van der Waals surface area contributed by atoms with Crippen molar-refractivity contribution in [2.45, 2.75) is 13.5 Å². The maximum atomic E-state index is 12.6. The highest BCUT2D eigenvalue weighted by Gasteiger charge is 2.27. The van der Waals surface area contributed by atoms with Crippen LogP contribution in [0.1, 0.15) is 12.5 Å². The van der Waals surface area contributed by atoms with Crippen molar-refractivity contribution in [3.8, 4) is 11.5 Å². The number of methoxy groups -OCH3 is 1. The highest BCUT2D eigenvalue weighted by atomic mass is 16.5. The first kappa shape index (κ1) is 20.5. The Morgan fingerprint density at radius 3 is 2.76 bits per heavy atom. The molecule has 0 bridgehead atoms. The number of ether oxygens (including phenoxy) is 2. The van der Waals surface area contributed by atoms with Crippen molar-refractivity contribution in [1.82, 2.24) is 20.0 Å². The second kappa shape index (κ2) is 9.31. The monoisotopic (exact) mass is 400 g/mol. The standard InChI is InChI=1S/C20H28N6O3/c1-5-29-18-10-15(6-7-17(18)28-4)11-22-20(21-2)25-8-9-26(19(27)14-25)16-12-23-24(3)13-16/h6-7,10,12-13H,5,8-9,11,14H2,1-4H3,(H,21,22). The second-order valence-corrected chi connectivity index (χ2v) is 6.66. The molecule has 0 aliphatic carbocycles. The van der Waals surface area contributed by atoms with Gasteiger partial charge in [-0.3, -0.25) is 14.5 Å². The summed E-state index contributed by atoms with van der Waals surface area (Å²) in [6.45, 7) is 4.61. The molecule has 3 rings (SSSR count). The number of anilines is 1. The lowest BCUT2D eigenvalue weighted by atomic mass is 10.2. The van der Waals surface area contributed by atoms with Gasteiger partial charge in [-0.15, -0.1) is 0 Å². The van der Waals surface area contributed by atoms with Crippen LogP contribution >= 0.6 is 0 Å². The minimum atomic E-state index is 0.0234. The number of nitrogens with zero attached hydrogens (tertiary/aromatic N) is 5. The van der Waals surface area contributed by atoms with E-state index in [0.29, 0.717) is 43.7 Å². The van der Waals surface area contributed by atoms with Gasteiger partial charge in [0.1, 0.15) is 6.54 Å². The molecule has 0 saturated carbocycles. The molecule has 29 heavy (non-hydrogen) atoms. The highest BCUT2D eigenvalue weighted by molar-refractivity contribution is 5.98. The van der Waals surface area contributed by atoms with E-state index in [9.17, 15) is 4.79 Å². The Hall–Kier alpha value is -3.23. The SMILES string of the molecule is CCOc1cc(CNC(=NC)N2CCN(c3cnn(C)c3)C(=O)C2)ccc1OC. The van der Waals surface area contributed by atoms with E-state index in [2.05, 4.69) is 15.4 Å². The van der Waals surface area contributed by atoms with Gasteiger partial charge in [-0.25, -0.2) is 0 Å². The Bertz CT molecular complexity index is 879. The summed E-state index contributed by atoms with van der Waals surface area (Å²) in [5.41, 5.74) is 1.86. The number of carbonyl (C=O) groups excluding carboxylic acids is 1. The van der Waals surface area contributed by atoms with Crippen molar-refractivity contribution in [3.05, 3.63) is 36.2 Å². The van der Waals surface area contributed by atoms with E-state index in [4.69, 9.17) is 9.47 Å². The third kappa shape index (κ3) is 4.79. The largest absolute Gasteiger partial charge is 0.493 e. The zero-order valence-electron chi connectivity index (χ0n) is 17.4. The Morgan fingerprint density at radius 1 is 1.31 bits per heavy atom. The Morgan fingerprint density at radius 2 is 2.14 bits per heavy atom. The number of nitrogens with one attached hydrogen (secondary N) is 1. The summed E-state index contributed by atoms with van der Waals surface area (Å²) in [4.78, 5) is 20.7. The predicted octanol–water partition coefficient (Wildman–Crippen LogP) is 1.25. The van der Waals surface area contributed by atoms with Gasteiger partial charge in [0, 0.05) is 39.9 Å². The van der Waals surface area contributed by atoms with Gasteiger partial charge in [0.25, 0.3) is 0 Å². The number of guanidine groups is 1. The third-order valence-electron chi connectivity index (χ3n) is 4.71. The fraction of sp³-hybridized carbons (Fsp3) is 0.450. The van der Waals surface area contributed by atoms with Gasteiger partial charge in [0.2, 0.25) is 5.91 Å². The molecule has 1 aliphatic rings. The molecule has 9 nitrogen and oxygen atoms in total. The first-order valence-electron chi connectivity index (χ1n) is 9.60. The third-order valence-corrected chi connectivity index (χ3v) is 4.71. The molecular formula is C20H28N6O3. The number of aliphatic imine (C=N–C) groups is 1. The predicted molar refractivity (Wildman–Crippen MR) is 111 cm³/mol. The van der Waals surface area contributed by atoms with Crippen LogP contribution in [0.2, 0.25) is 0 Å². The summed E-state index contributed by atoms with van der Waals surface area (Å²) in [6.07, 6.45) is 3.56. The van der Waals surface area contributed by atoms with Crippen molar-refractivity contribution in [2.24, 2.45) is 12.0 Å². The van der Waals surface area contributed by atoms with Crippen LogP contribution in [0.5, 0.6) is 11.5 Å². The van der Waals surface area contributed by atoms with E-state index in [1.165, 1.54) is 0 Å². The van der Waals surface area contributed by atoms with E-state index >= 15 is 0 Å². The Labute approximate surface area is 170 Å². The van der Waals surface area contributed by atoms with Gasteiger partial charge in [-0.05, 0) is 24.6 Å². The van der Waals surface area contributed by atoms with Gasteiger partial charge in [-0.1, -0.05) is 6.07 Å². The highest BCUT2D eigenvalue weighted by Crippen LogP contribution is 2.28. The van der Waals surface area contributed by atoms with Crippen molar-refractivity contribution in [1.29, 1.82) is 0 Å². The van der Waals surface area contributed by atoms with E-state index in [1.807, 2.05) is 43.3 Å². The number of hydrogen-bond donors (Lipinski definition) is 1.